The lowest BCUT2D eigenvalue weighted by Crippen LogP contribution is -1.94. The number of alkyl halides is 2. The largest absolute Gasteiger partial charge is 0.383 e. The lowest BCUT2D eigenvalue weighted by atomic mass is 10.1. The monoisotopic (exact) mass is 320 g/mol. The molecule has 1 aromatic carbocycles. The standard InChI is InChI=1S/C15H11F3N4O/c1-7-4-9(6-20-13(7)19)14-21-15(23-22-14)8-2-3-10(12(17)18)11(16)5-8/h2-6,12H,1H3,(H2,19,20). The first-order chi connectivity index (χ1) is 11.0. The zero-order chi connectivity index (χ0) is 16.6. The molecule has 0 atom stereocenters. The number of aromatic nitrogens is 3. The van der Waals surface area contributed by atoms with Crippen LogP contribution < -0.4 is 5.73 Å². The molecule has 3 rings (SSSR count). The Morgan fingerprint density at radius 2 is 1.96 bits per heavy atom. The Morgan fingerprint density at radius 1 is 1.17 bits per heavy atom. The van der Waals surface area contributed by atoms with E-state index in [0.29, 0.717) is 11.4 Å². The highest BCUT2D eigenvalue weighted by Gasteiger charge is 2.17. The van der Waals surface area contributed by atoms with Crippen LogP contribution >= 0.6 is 0 Å². The van der Waals surface area contributed by atoms with E-state index in [1.165, 1.54) is 12.3 Å². The first-order valence-corrected chi connectivity index (χ1v) is 6.60. The number of nitrogen functional groups attached to an aromatic ring is 1. The summed E-state index contributed by atoms with van der Waals surface area (Å²) < 4.78 is 43.8. The molecule has 5 nitrogen and oxygen atoms in total. The Labute approximate surface area is 129 Å². The molecule has 0 aliphatic carbocycles. The molecular weight excluding hydrogens is 309 g/mol. The fraction of sp³-hybridized carbons (Fsp3) is 0.133. The van der Waals surface area contributed by atoms with Crippen LogP contribution in [0.4, 0.5) is 19.0 Å². The van der Waals surface area contributed by atoms with Crippen molar-refractivity contribution in [2.24, 2.45) is 0 Å². The summed E-state index contributed by atoms with van der Waals surface area (Å²) >= 11 is 0. The Bertz CT molecular complexity index is 864. The average molecular weight is 320 g/mol. The molecule has 2 N–H and O–H groups in total. The second-order valence-electron chi connectivity index (χ2n) is 4.89. The van der Waals surface area contributed by atoms with E-state index in [1.54, 1.807) is 13.0 Å². The maximum absolute atomic E-state index is 13.6. The predicted octanol–water partition coefficient (Wildman–Crippen LogP) is 3.77. The van der Waals surface area contributed by atoms with Gasteiger partial charge < -0.3 is 10.3 Å². The molecule has 2 heterocycles. The van der Waals surface area contributed by atoms with Crippen molar-refractivity contribution in [2.75, 3.05) is 5.73 Å². The third-order valence-electron chi connectivity index (χ3n) is 3.29. The first-order valence-electron chi connectivity index (χ1n) is 6.60. The number of nitrogens with two attached hydrogens (primary N) is 1. The lowest BCUT2D eigenvalue weighted by molar-refractivity contribution is 0.146. The second kappa shape index (κ2) is 5.71. The zero-order valence-corrected chi connectivity index (χ0v) is 11.9. The van der Waals surface area contributed by atoms with Gasteiger partial charge in [0.2, 0.25) is 5.82 Å². The van der Waals surface area contributed by atoms with Gasteiger partial charge in [0.1, 0.15) is 11.6 Å². The number of rotatable bonds is 3. The zero-order valence-electron chi connectivity index (χ0n) is 11.9. The van der Waals surface area contributed by atoms with Gasteiger partial charge in [-0.25, -0.2) is 18.2 Å². The van der Waals surface area contributed by atoms with E-state index in [2.05, 4.69) is 15.1 Å². The molecule has 0 radical (unpaired) electrons. The van der Waals surface area contributed by atoms with E-state index in [1.807, 2.05) is 0 Å². The maximum atomic E-state index is 13.6. The fourth-order valence-electron chi connectivity index (χ4n) is 2.00. The van der Waals surface area contributed by atoms with Gasteiger partial charge in [-0.15, -0.1) is 0 Å². The minimum Gasteiger partial charge on any atom is -0.383 e. The van der Waals surface area contributed by atoms with Crippen molar-refractivity contribution in [2.45, 2.75) is 13.3 Å². The number of hydrogen-bond donors (Lipinski definition) is 1. The fourth-order valence-corrected chi connectivity index (χ4v) is 2.00. The molecule has 0 saturated carbocycles. The molecule has 0 aliphatic rings. The summed E-state index contributed by atoms with van der Waals surface area (Å²) in [6, 6.07) is 4.96. The third kappa shape index (κ3) is 2.87. The molecule has 0 amide bonds. The van der Waals surface area contributed by atoms with Crippen molar-refractivity contribution in [3.63, 3.8) is 0 Å². The number of anilines is 1. The molecule has 0 aliphatic heterocycles. The Balaban J connectivity index is 1.95. The van der Waals surface area contributed by atoms with Crippen LogP contribution in [0.25, 0.3) is 22.8 Å². The van der Waals surface area contributed by atoms with Gasteiger partial charge in [0.05, 0.1) is 5.56 Å². The summed E-state index contributed by atoms with van der Waals surface area (Å²) in [7, 11) is 0. The van der Waals surface area contributed by atoms with E-state index in [-0.39, 0.29) is 17.3 Å². The molecule has 118 valence electrons. The van der Waals surface area contributed by atoms with Gasteiger partial charge in [0, 0.05) is 17.3 Å². The van der Waals surface area contributed by atoms with Crippen LogP contribution in [0.5, 0.6) is 0 Å². The van der Waals surface area contributed by atoms with E-state index >= 15 is 0 Å². The summed E-state index contributed by atoms with van der Waals surface area (Å²) in [5.74, 6) is -0.368. The minimum absolute atomic E-state index is 0.0224. The molecule has 23 heavy (non-hydrogen) atoms. The molecule has 0 bridgehead atoms. The first kappa shape index (κ1) is 15.0. The summed E-state index contributed by atoms with van der Waals surface area (Å²) in [4.78, 5) is 8.12. The van der Waals surface area contributed by atoms with Crippen LogP contribution in [0.2, 0.25) is 0 Å². The van der Waals surface area contributed by atoms with Crippen molar-refractivity contribution in [3.05, 3.63) is 47.4 Å². The van der Waals surface area contributed by atoms with E-state index < -0.39 is 17.8 Å². The summed E-state index contributed by atoms with van der Waals surface area (Å²) in [6.45, 7) is 1.78. The molecule has 0 spiro atoms. The van der Waals surface area contributed by atoms with Crippen LogP contribution in [-0.2, 0) is 0 Å². The Kier molecular flexibility index (Phi) is 3.73. The molecule has 0 saturated heterocycles. The maximum Gasteiger partial charge on any atom is 0.266 e. The number of benzene rings is 1. The highest BCUT2D eigenvalue weighted by atomic mass is 19.3. The molecule has 0 fully saturated rings. The van der Waals surface area contributed by atoms with E-state index in [9.17, 15) is 13.2 Å². The number of aryl methyl sites for hydroxylation is 1. The third-order valence-corrected chi connectivity index (χ3v) is 3.29. The highest BCUT2D eigenvalue weighted by molar-refractivity contribution is 5.61. The summed E-state index contributed by atoms with van der Waals surface area (Å²) in [5.41, 5.74) is 6.51. The van der Waals surface area contributed by atoms with Crippen LogP contribution in [0.15, 0.2) is 35.0 Å². The van der Waals surface area contributed by atoms with Gasteiger partial charge in [0.15, 0.2) is 0 Å². The van der Waals surface area contributed by atoms with Gasteiger partial charge in [0.25, 0.3) is 12.3 Å². The van der Waals surface area contributed by atoms with Gasteiger partial charge in [-0.3, -0.25) is 0 Å². The van der Waals surface area contributed by atoms with Gasteiger partial charge >= 0.3 is 0 Å². The van der Waals surface area contributed by atoms with Gasteiger partial charge in [-0.1, -0.05) is 5.16 Å². The minimum atomic E-state index is -2.88. The number of hydrogen-bond acceptors (Lipinski definition) is 5. The van der Waals surface area contributed by atoms with Crippen molar-refractivity contribution >= 4 is 5.82 Å². The normalized spacial score (nSPS) is 11.2. The van der Waals surface area contributed by atoms with Crippen LogP contribution in [0.3, 0.4) is 0 Å². The van der Waals surface area contributed by atoms with Crippen molar-refractivity contribution in [1.82, 2.24) is 15.1 Å². The van der Waals surface area contributed by atoms with Crippen LogP contribution in [0.1, 0.15) is 17.6 Å². The number of halogens is 3. The van der Waals surface area contributed by atoms with E-state index in [0.717, 1.165) is 17.7 Å². The van der Waals surface area contributed by atoms with Gasteiger partial charge in [-0.2, -0.15) is 4.98 Å². The average Bonchev–Trinajstić information content (AvgIpc) is 2.99. The summed E-state index contributed by atoms with van der Waals surface area (Å²) in [5, 5.41) is 3.78. The predicted molar refractivity (Wildman–Crippen MR) is 77.0 cm³/mol. The second-order valence-corrected chi connectivity index (χ2v) is 4.89. The molecule has 3 aromatic rings. The van der Waals surface area contributed by atoms with Crippen LogP contribution in [0, 0.1) is 12.7 Å². The summed E-state index contributed by atoms with van der Waals surface area (Å²) in [6.07, 6.45) is -1.40. The molecule has 0 unspecified atom stereocenters. The van der Waals surface area contributed by atoms with Gasteiger partial charge in [-0.05, 0) is 36.8 Å². The SMILES string of the molecule is Cc1cc(-c2noc(-c3ccc(C(F)F)c(F)c3)n2)cnc1N. The number of pyridine rings is 1. The smallest absolute Gasteiger partial charge is 0.266 e. The van der Waals surface area contributed by atoms with Crippen molar-refractivity contribution < 1.29 is 17.7 Å². The number of nitrogens with zero attached hydrogens (tertiary/aromatic N) is 3. The molecular formula is C15H11F3N4O. The Morgan fingerprint density at radius 3 is 2.61 bits per heavy atom. The quantitative estimate of drug-likeness (QED) is 0.795. The molecule has 8 heteroatoms. The highest BCUT2D eigenvalue weighted by Crippen LogP contribution is 2.28. The van der Waals surface area contributed by atoms with Crippen molar-refractivity contribution in [1.29, 1.82) is 0 Å². The van der Waals surface area contributed by atoms with E-state index in [4.69, 9.17) is 10.3 Å². The topological polar surface area (TPSA) is 77.8 Å². The lowest BCUT2D eigenvalue weighted by Gasteiger charge is -2.02. The Hall–Kier alpha value is -2.90. The molecule has 2 aromatic heterocycles. The van der Waals surface area contributed by atoms with Crippen molar-refractivity contribution in [3.8, 4) is 22.8 Å². The van der Waals surface area contributed by atoms with Crippen LogP contribution in [-0.4, -0.2) is 15.1 Å².